The molecule has 76 valence electrons. The Morgan fingerprint density at radius 1 is 1.64 bits per heavy atom. The number of nitrogens with one attached hydrogen (secondary N) is 1. The standard InChI is InChI=1S/C10H16N4/c1-8-3-4-9(6-11-8)5-10-7-14(2)13-12-10/h5,7-8,11H,3-4,6H2,1-2H3/b9-5-. The Labute approximate surface area is 84.0 Å². The van der Waals surface area contributed by atoms with E-state index in [0.717, 1.165) is 12.2 Å². The first-order chi connectivity index (χ1) is 6.74. The molecule has 2 heterocycles. The van der Waals surface area contributed by atoms with Gasteiger partial charge in [0.25, 0.3) is 0 Å². The average molecular weight is 192 g/mol. The number of hydrogen-bond donors (Lipinski definition) is 1. The fraction of sp³-hybridized carbons (Fsp3) is 0.600. The molecule has 1 aromatic heterocycles. The maximum Gasteiger partial charge on any atom is 0.105 e. The lowest BCUT2D eigenvalue weighted by Crippen LogP contribution is -2.32. The highest BCUT2D eigenvalue weighted by Crippen LogP contribution is 2.15. The fourth-order valence-electron chi connectivity index (χ4n) is 1.66. The number of rotatable bonds is 1. The van der Waals surface area contributed by atoms with Crippen molar-refractivity contribution < 1.29 is 0 Å². The van der Waals surface area contributed by atoms with Gasteiger partial charge in [-0.25, -0.2) is 0 Å². The van der Waals surface area contributed by atoms with Crippen LogP contribution >= 0.6 is 0 Å². The van der Waals surface area contributed by atoms with E-state index in [1.165, 1.54) is 18.4 Å². The molecule has 1 atom stereocenters. The van der Waals surface area contributed by atoms with Gasteiger partial charge < -0.3 is 5.32 Å². The summed E-state index contributed by atoms with van der Waals surface area (Å²) in [6, 6.07) is 0.647. The molecule has 0 aliphatic carbocycles. The van der Waals surface area contributed by atoms with Crippen LogP contribution in [0.25, 0.3) is 6.08 Å². The van der Waals surface area contributed by atoms with Crippen LogP contribution in [0.3, 0.4) is 0 Å². The van der Waals surface area contributed by atoms with Crippen molar-refractivity contribution in [2.75, 3.05) is 6.54 Å². The van der Waals surface area contributed by atoms with Crippen molar-refractivity contribution >= 4 is 6.08 Å². The maximum absolute atomic E-state index is 4.04. The number of aryl methyl sites for hydroxylation is 1. The molecular formula is C10H16N4. The van der Waals surface area contributed by atoms with Crippen LogP contribution in [0.5, 0.6) is 0 Å². The molecule has 4 nitrogen and oxygen atoms in total. The SMILES string of the molecule is CC1CC/C(=C/c2cn(C)nn2)CN1. The molecule has 0 saturated carbocycles. The van der Waals surface area contributed by atoms with E-state index in [4.69, 9.17) is 0 Å². The van der Waals surface area contributed by atoms with Gasteiger partial charge in [0.05, 0.1) is 6.20 Å². The second kappa shape index (κ2) is 3.92. The van der Waals surface area contributed by atoms with Gasteiger partial charge in [-0.2, -0.15) is 0 Å². The summed E-state index contributed by atoms with van der Waals surface area (Å²) in [7, 11) is 1.89. The monoisotopic (exact) mass is 192 g/mol. The van der Waals surface area contributed by atoms with E-state index in [1.54, 1.807) is 4.68 Å². The predicted octanol–water partition coefficient (Wildman–Crippen LogP) is 0.970. The normalized spacial score (nSPS) is 25.6. The van der Waals surface area contributed by atoms with Crippen LogP contribution in [0.4, 0.5) is 0 Å². The van der Waals surface area contributed by atoms with Crippen LogP contribution in [0.1, 0.15) is 25.5 Å². The summed E-state index contributed by atoms with van der Waals surface area (Å²) >= 11 is 0. The van der Waals surface area contributed by atoms with Gasteiger partial charge in [-0.3, -0.25) is 4.68 Å². The molecule has 0 bridgehead atoms. The zero-order chi connectivity index (χ0) is 9.97. The lowest BCUT2D eigenvalue weighted by molar-refractivity contribution is 0.488. The van der Waals surface area contributed by atoms with Crippen molar-refractivity contribution in [1.82, 2.24) is 20.3 Å². The molecule has 0 spiro atoms. The number of nitrogens with zero attached hydrogens (tertiary/aromatic N) is 3. The Morgan fingerprint density at radius 3 is 3.07 bits per heavy atom. The van der Waals surface area contributed by atoms with Gasteiger partial charge in [-0.05, 0) is 25.8 Å². The molecule has 1 fully saturated rings. The van der Waals surface area contributed by atoms with E-state index in [0.29, 0.717) is 6.04 Å². The Morgan fingerprint density at radius 2 is 2.50 bits per heavy atom. The van der Waals surface area contributed by atoms with Crippen LogP contribution in [-0.2, 0) is 7.05 Å². The quantitative estimate of drug-likeness (QED) is 0.721. The second-order valence-corrected chi connectivity index (χ2v) is 3.94. The van der Waals surface area contributed by atoms with Gasteiger partial charge in [-0.1, -0.05) is 10.8 Å². The van der Waals surface area contributed by atoms with Gasteiger partial charge in [0.1, 0.15) is 5.69 Å². The maximum atomic E-state index is 4.04. The highest BCUT2D eigenvalue weighted by Gasteiger charge is 2.11. The fourth-order valence-corrected chi connectivity index (χ4v) is 1.66. The molecule has 1 aromatic rings. The minimum Gasteiger partial charge on any atom is -0.311 e. The van der Waals surface area contributed by atoms with Crippen LogP contribution in [0.2, 0.25) is 0 Å². The van der Waals surface area contributed by atoms with E-state index in [-0.39, 0.29) is 0 Å². The Bertz CT molecular complexity index is 330. The van der Waals surface area contributed by atoms with E-state index >= 15 is 0 Å². The van der Waals surface area contributed by atoms with Gasteiger partial charge in [0, 0.05) is 19.6 Å². The third-order valence-electron chi connectivity index (χ3n) is 2.55. The first kappa shape index (κ1) is 9.40. The third kappa shape index (κ3) is 2.20. The molecular weight excluding hydrogens is 176 g/mol. The van der Waals surface area contributed by atoms with E-state index in [1.807, 2.05) is 13.2 Å². The zero-order valence-electron chi connectivity index (χ0n) is 8.70. The predicted molar refractivity (Wildman–Crippen MR) is 55.7 cm³/mol. The van der Waals surface area contributed by atoms with Crippen LogP contribution < -0.4 is 5.32 Å². The molecule has 14 heavy (non-hydrogen) atoms. The van der Waals surface area contributed by atoms with Gasteiger partial charge in [0.2, 0.25) is 0 Å². The topological polar surface area (TPSA) is 42.7 Å². The minimum atomic E-state index is 0.647. The van der Waals surface area contributed by atoms with Crippen LogP contribution in [0.15, 0.2) is 11.8 Å². The van der Waals surface area contributed by atoms with Crippen LogP contribution in [-0.4, -0.2) is 27.6 Å². The van der Waals surface area contributed by atoms with Crippen molar-refractivity contribution in [3.63, 3.8) is 0 Å². The number of piperidine rings is 1. The number of hydrogen-bond acceptors (Lipinski definition) is 3. The molecule has 0 amide bonds. The highest BCUT2D eigenvalue weighted by molar-refractivity contribution is 5.48. The highest BCUT2D eigenvalue weighted by atomic mass is 15.4. The van der Waals surface area contributed by atoms with Crippen molar-refractivity contribution in [2.45, 2.75) is 25.8 Å². The molecule has 1 saturated heterocycles. The summed E-state index contributed by atoms with van der Waals surface area (Å²) in [6.45, 7) is 3.21. The summed E-state index contributed by atoms with van der Waals surface area (Å²) in [5, 5.41) is 11.4. The first-order valence-corrected chi connectivity index (χ1v) is 5.03. The van der Waals surface area contributed by atoms with Crippen molar-refractivity contribution in [2.24, 2.45) is 7.05 Å². The molecule has 1 aliphatic heterocycles. The molecule has 0 aromatic carbocycles. The summed E-state index contributed by atoms with van der Waals surface area (Å²) in [5.41, 5.74) is 2.38. The van der Waals surface area contributed by atoms with Crippen molar-refractivity contribution in [1.29, 1.82) is 0 Å². The molecule has 4 heteroatoms. The molecule has 2 rings (SSSR count). The molecule has 0 radical (unpaired) electrons. The Balaban J connectivity index is 2.04. The smallest absolute Gasteiger partial charge is 0.105 e. The van der Waals surface area contributed by atoms with E-state index in [2.05, 4.69) is 28.6 Å². The third-order valence-corrected chi connectivity index (χ3v) is 2.55. The lowest BCUT2D eigenvalue weighted by Gasteiger charge is -2.21. The Kier molecular flexibility index (Phi) is 2.63. The second-order valence-electron chi connectivity index (χ2n) is 3.94. The Hall–Kier alpha value is -1.16. The summed E-state index contributed by atoms with van der Waals surface area (Å²) in [4.78, 5) is 0. The van der Waals surface area contributed by atoms with E-state index in [9.17, 15) is 0 Å². The summed E-state index contributed by atoms with van der Waals surface area (Å²) in [6.07, 6.45) is 6.45. The largest absolute Gasteiger partial charge is 0.311 e. The van der Waals surface area contributed by atoms with Gasteiger partial charge in [0.15, 0.2) is 0 Å². The van der Waals surface area contributed by atoms with Gasteiger partial charge >= 0.3 is 0 Å². The number of aromatic nitrogens is 3. The van der Waals surface area contributed by atoms with Crippen molar-refractivity contribution in [3.05, 3.63) is 17.5 Å². The van der Waals surface area contributed by atoms with Crippen LogP contribution in [0, 0.1) is 0 Å². The molecule has 1 N–H and O–H groups in total. The first-order valence-electron chi connectivity index (χ1n) is 5.03. The van der Waals surface area contributed by atoms with Gasteiger partial charge in [-0.15, -0.1) is 5.10 Å². The molecule has 1 aliphatic rings. The lowest BCUT2D eigenvalue weighted by atomic mass is 10.0. The average Bonchev–Trinajstić information content (AvgIpc) is 2.56. The minimum absolute atomic E-state index is 0.647. The van der Waals surface area contributed by atoms with Crippen molar-refractivity contribution in [3.8, 4) is 0 Å². The van der Waals surface area contributed by atoms with E-state index < -0.39 is 0 Å². The molecule has 1 unspecified atom stereocenters. The zero-order valence-corrected chi connectivity index (χ0v) is 8.70. The summed E-state index contributed by atoms with van der Waals surface area (Å²) < 4.78 is 1.73. The summed E-state index contributed by atoms with van der Waals surface area (Å²) in [5.74, 6) is 0.